The van der Waals surface area contributed by atoms with E-state index in [0.717, 1.165) is 13.0 Å². The molecular formula is C8H14F3NO. The third-order valence-electron chi connectivity index (χ3n) is 2.30. The Hall–Kier alpha value is -0.290. The first-order chi connectivity index (χ1) is 6.01. The smallest absolute Gasteiger partial charge is 0.320 e. The van der Waals surface area contributed by atoms with Gasteiger partial charge in [-0.25, -0.2) is 0 Å². The molecular weight excluding hydrogens is 183 g/mol. The molecule has 2 nitrogen and oxygen atoms in total. The lowest BCUT2D eigenvalue weighted by atomic mass is 9.80. The molecule has 1 N–H and O–H groups in total. The fraction of sp³-hybridized carbons (Fsp3) is 1.00. The predicted molar refractivity (Wildman–Crippen MR) is 42.2 cm³/mol. The fourth-order valence-corrected chi connectivity index (χ4v) is 1.54. The normalized spacial score (nSPS) is 28.6. The molecule has 0 saturated heterocycles. The minimum absolute atomic E-state index is 0.403. The minimum Gasteiger partial charge on any atom is -0.320 e. The number of hydrogen-bond donors (Lipinski definition) is 1. The minimum atomic E-state index is -4.46. The summed E-state index contributed by atoms with van der Waals surface area (Å²) in [7, 11) is 1.84. The number of hydrogen-bond acceptors (Lipinski definition) is 2. The first-order valence-corrected chi connectivity index (χ1v) is 4.40. The van der Waals surface area contributed by atoms with Crippen LogP contribution in [0.3, 0.4) is 0 Å². The number of nitrogens with one attached hydrogen (secondary N) is 1. The van der Waals surface area contributed by atoms with Crippen LogP contribution in [0.2, 0.25) is 0 Å². The molecule has 0 aromatic carbocycles. The van der Waals surface area contributed by atoms with Crippen LogP contribution in [-0.4, -0.2) is 26.1 Å². The van der Waals surface area contributed by atoms with Gasteiger partial charge in [0.05, 0.1) is 6.10 Å². The first-order valence-electron chi connectivity index (χ1n) is 4.40. The average molecular weight is 197 g/mol. The largest absolute Gasteiger partial charge is 0.522 e. The number of alkyl halides is 3. The zero-order valence-corrected chi connectivity index (χ0v) is 7.53. The molecule has 0 unspecified atom stereocenters. The summed E-state index contributed by atoms with van der Waals surface area (Å²) in [4.78, 5) is 0. The van der Waals surface area contributed by atoms with Crippen molar-refractivity contribution in [1.82, 2.24) is 5.32 Å². The summed E-state index contributed by atoms with van der Waals surface area (Å²) in [6, 6.07) is 0. The maximum Gasteiger partial charge on any atom is 0.522 e. The lowest BCUT2D eigenvalue weighted by molar-refractivity contribution is -0.354. The predicted octanol–water partition coefficient (Wildman–Crippen LogP) is 1.91. The van der Waals surface area contributed by atoms with E-state index in [0.29, 0.717) is 18.8 Å². The number of halogens is 3. The van der Waals surface area contributed by atoms with Gasteiger partial charge in [0.25, 0.3) is 0 Å². The molecule has 78 valence electrons. The Bertz CT molecular complexity index is 154. The van der Waals surface area contributed by atoms with E-state index in [9.17, 15) is 13.2 Å². The van der Waals surface area contributed by atoms with E-state index in [1.807, 2.05) is 7.05 Å². The molecule has 1 fully saturated rings. The van der Waals surface area contributed by atoms with Gasteiger partial charge in [0.1, 0.15) is 0 Å². The van der Waals surface area contributed by atoms with E-state index >= 15 is 0 Å². The zero-order valence-electron chi connectivity index (χ0n) is 7.53. The molecule has 1 aliphatic rings. The van der Waals surface area contributed by atoms with Gasteiger partial charge in [0.2, 0.25) is 0 Å². The van der Waals surface area contributed by atoms with Crippen LogP contribution >= 0.6 is 0 Å². The highest BCUT2D eigenvalue weighted by Crippen LogP contribution is 2.36. The van der Waals surface area contributed by atoms with Crippen molar-refractivity contribution in [2.45, 2.75) is 31.7 Å². The first kappa shape index (κ1) is 10.8. The molecule has 0 aromatic rings. The van der Waals surface area contributed by atoms with Crippen molar-refractivity contribution >= 4 is 0 Å². The van der Waals surface area contributed by atoms with E-state index in [1.54, 1.807) is 0 Å². The van der Waals surface area contributed by atoms with Crippen LogP contribution in [0.15, 0.2) is 0 Å². The van der Waals surface area contributed by atoms with Crippen molar-refractivity contribution in [3.05, 3.63) is 0 Å². The molecule has 13 heavy (non-hydrogen) atoms. The molecule has 0 aliphatic heterocycles. The summed E-state index contributed by atoms with van der Waals surface area (Å²) in [6.45, 7) is 0.864. The molecule has 0 aromatic heterocycles. The number of rotatable bonds is 4. The highest BCUT2D eigenvalue weighted by Gasteiger charge is 2.39. The van der Waals surface area contributed by atoms with Gasteiger partial charge in [-0.1, -0.05) is 0 Å². The van der Waals surface area contributed by atoms with E-state index in [1.165, 1.54) is 0 Å². The van der Waals surface area contributed by atoms with Crippen molar-refractivity contribution in [2.75, 3.05) is 13.6 Å². The summed E-state index contributed by atoms with van der Waals surface area (Å²) in [5.41, 5.74) is 0. The Morgan fingerprint density at radius 1 is 1.38 bits per heavy atom. The average Bonchev–Trinajstić information content (AvgIpc) is 1.91. The summed E-state index contributed by atoms with van der Waals surface area (Å²) in [6.07, 6.45) is -3.03. The van der Waals surface area contributed by atoms with Gasteiger partial charge in [-0.15, -0.1) is 13.2 Å². The van der Waals surface area contributed by atoms with E-state index in [4.69, 9.17) is 0 Å². The highest BCUT2D eigenvalue weighted by molar-refractivity contribution is 4.80. The van der Waals surface area contributed by atoms with Crippen molar-refractivity contribution < 1.29 is 17.9 Å². The lowest BCUT2D eigenvalue weighted by Crippen LogP contribution is -2.36. The maximum atomic E-state index is 11.7. The third-order valence-corrected chi connectivity index (χ3v) is 2.30. The van der Waals surface area contributed by atoms with Gasteiger partial charge >= 0.3 is 6.36 Å². The number of ether oxygens (including phenoxy) is 1. The maximum absolute atomic E-state index is 11.7. The molecule has 1 aliphatic carbocycles. The summed E-state index contributed by atoms with van der Waals surface area (Å²) in [5.74, 6) is 0.403. The Morgan fingerprint density at radius 2 is 2.00 bits per heavy atom. The monoisotopic (exact) mass is 197 g/mol. The quantitative estimate of drug-likeness (QED) is 0.743. The van der Waals surface area contributed by atoms with Crippen LogP contribution in [0, 0.1) is 5.92 Å². The topological polar surface area (TPSA) is 21.3 Å². The molecule has 1 saturated carbocycles. The molecule has 0 heterocycles. The molecule has 0 radical (unpaired) electrons. The standard InChI is InChI=1S/C8H14F3NO/c1-12-3-2-6-4-7(5-6)13-8(9,10)11/h6-7,12H,2-5H2,1H3. The van der Waals surface area contributed by atoms with E-state index in [2.05, 4.69) is 10.1 Å². The van der Waals surface area contributed by atoms with Crippen LogP contribution in [-0.2, 0) is 4.74 Å². The summed E-state index contributed by atoms with van der Waals surface area (Å²) >= 11 is 0. The molecule has 0 bridgehead atoms. The molecule has 5 heteroatoms. The van der Waals surface area contributed by atoms with Gasteiger partial charge in [-0.2, -0.15) is 0 Å². The van der Waals surface area contributed by atoms with Crippen LogP contribution in [0.1, 0.15) is 19.3 Å². The van der Waals surface area contributed by atoms with Crippen molar-refractivity contribution in [2.24, 2.45) is 5.92 Å². The second kappa shape index (κ2) is 4.28. The van der Waals surface area contributed by atoms with Crippen LogP contribution < -0.4 is 5.32 Å². The van der Waals surface area contributed by atoms with Crippen LogP contribution in [0.5, 0.6) is 0 Å². The van der Waals surface area contributed by atoms with Gasteiger partial charge in [0, 0.05) is 0 Å². The van der Waals surface area contributed by atoms with Crippen molar-refractivity contribution in [1.29, 1.82) is 0 Å². The summed E-state index contributed by atoms with van der Waals surface area (Å²) in [5, 5.41) is 2.97. The Balaban J connectivity index is 2.05. The Labute approximate surface area is 75.4 Å². The molecule has 0 atom stereocenters. The Morgan fingerprint density at radius 3 is 2.46 bits per heavy atom. The third kappa shape index (κ3) is 3.95. The van der Waals surface area contributed by atoms with E-state index < -0.39 is 12.5 Å². The summed E-state index contributed by atoms with van der Waals surface area (Å²) < 4.78 is 38.9. The molecule has 0 amide bonds. The highest BCUT2D eigenvalue weighted by atomic mass is 19.4. The van der Waals surface area contributed by atoms with Gasteiger partial charge in [0.15, 0.2) is 0 Å². The zero-order chi connectivity index (χ0) is 9.90. The lowest BCUT2D eigenvalue weighted by Gasteiger charge is -2.35. The van der Waals surface area contributed by atoms with Gasteiger partial charge in [-0.05, 0) is 38.8 Å². The van der Waals surface area contributed by atoms with Crippen molar-refractivity contribution in [3.8, 4) is 0 Å². The van der Waals surface area contributed by atoms with Crippen molar-refractivity contribution in [3.63, 3.8) is 0 Å². The Kier molecular flexibility index (Phi) is 3.55. The second-order valence-corrected chi connectivity index (χ2v) is 3.42. The molecule has 1 rings (SSSR count). The second-order valence-electron chi connectivity index (χ2n) is 3.42. The van der Waals surface area contributed by atoms with Gasteiger partial charge < -0.3 is 5.32 Å². The SMILES string of the molecule is CNCCC1CC(OC(F)(F)F)C1. The van der Waals surface area contributed by atoms with Gasteiger partial charge in [-0.3, -0.25) is 4.74 Å². The van der Waals surface area contributed by atoms with Crippen LogP contribution in [0.25, 0.3) is 0 Å². The molecule has 0 spiro atoms. The van der Waals surface area contributed by atoms with Crippen LogP contribution in [0.4, 0.5) is 13.2 Å². The van der Waals surface area contributed by atoms with E-state index in [-0.39, 0.29) is 0 Å². The fourth-order valence-electron chi connectivity index (χ4n) is 1.54.